The number of aromatic hydroxyl groups is 1. The van der Waals surface area contributed by atoms with E-state index in [-0.39, 0.29) is 18.1 Å². The standard InChI is InChI=1S/C10H12BrNO2/c1-6-8(11)3-7(4-9(6)13)10(14)5-12-2/h3-4,12-13H,5H2,1-2H3. The zero-order valence-electron chi connectivity index (χ0n) is 8.10. The topological polar surface area (TPSA) is 49.3 Å². The van der Waals surface area contributed by atoms with Crippen LogP contribution in [-0.4, -0.2) is 24.5 Å². The van der Waals surface area contributed by atoms with Crippen molar-refractivity contribution in [1.82, 2.24) is 5.32 Å². The van der Waals surface area contributed by atoms with Gasteiger partial charge in [-0.3, -0.25) is 4.79 Å². The molecule has 0 unspecified atom stereocenters. The van der Waals surface area contributed by atoms with Crippen LogP contribution in [0.3, 0.4) is 0 Å². The van der Waals surface area contributed by atoms with Crippen LogP contribution in [0.4, 0.5) is 0 Å². The fourth-order valence-corrected chi connectivity index (χ4v) is 1.54. The maximum Gasteiger partial charge on any atom is 0.176 e. The van der Waals surface area contributed by atoms with Crippen molar-refractivity contribution < 1.29 is 9.90 Å². The minimum absolute atomic E-state index is 0.0384. The number of likely N-dealkylation sites (N-methyl/N-ethyl adjacent to an activating group) is 1. The molecule has 0 saturated heterocycles. The highest BCUT2D eigenvalue weighted by Crippen LogP contribution is 2.26. The molecule has 0 heterocycles. The lowest BCUT2D eigenvalue weighted by Crippen LogP contribution is -2.18. The average Bonchev–Trinajstić information content (AvgIpc) is 2.13. The van der Waals surface area contributed by atoms with Crippen molar-refractivity contribution in [3.8, 4) is 5.75 Å². The van der Waals surface area contributed by atoms with E-state index in [0.717, 1.165) is 10.0 Å². The highest BCUT2D eigenvalue weighted by Gasteiger charge is 2.09. The summed E-state index contributed by atoms with van der Waals surface area (Å²) in [6.07, 6.45) is 0. The van der Waals surface area contributed by atoms with Crippen LogP contribution < -0.4 is 5.32 Å². The number of phenolic OH excluding ortho intramolecular Hbond substituents is 1. The monoisotopic (exact) mass is 257 g/mol. The molecule has 0 aromatic heterocycles. The van der Waals surface area contributed by atoms with E-state index in [0.29, 0.717) is 5.56 Å². The number of halogens is 1. The second-order valence-electron chi connectivity index (χ2n) is 3.06. The van der Waals surface area contributed by atoms with E-state index in [1.165, 1.54) is 6.07 Å². The molecule has 2 N–H and O–H groups in total. The second-order valence-corrected chi connectivity index (χ2v) is 3.91. The van der Waals surface area contributed by atoms with E-state index < -0.39 is 0 Å². The van der Waals surface area contributed by atoms with Crippen LogP contribution in [0.25, 0.3) is 0 Å². The number of hydrogen-bond acceptors (Lipinski definition) is 3. The summed E-state index contributed by atoms with van der Waals surface area (Å²) >= 11 is 3.28. The van der Waals surface area contributed by atoms with Gasteiger partial charge in [-0.1, -0.05) is 15.9 Å². The maximum absolute atomic E-state index is 11.5. The number of rotatable bonds is 3. The molecule has 76 valence electrons. The first kappa shape index (κ1) is 11.2. The molecule has 0 amide bonds. The third-order valence-electron chi connectivity index (χ3n) is 1.98. The van der Waals surface area contributed by atoms with E-state index in [9.17, 15) is 9.90 Å². The molecule has 0 fully saturated rings. The Balaban J connectivity index is 3.06. The highest BCUT2D eigenvalue weighted by atomic mass is 79.9. The van der Waals surface area contributed by atoms with Crippen molar-refractivity contribution >= 4 is 21.7 Å². The number of hydrogen-bond donors (Lipinski definition) is 2. The van der Waals surface area contributed by atoms with Gasteiger partial charge in [-0.05, 0) is 26.1 Å². The van der Waals surface area contributed by atoms with Crippen LogP contribution in [0.1, 0.15) is 15.9 Å². The normalized spacial score (nSPS) is 10.2. The SMILES string of the molecule is CNCC(=O)c1cc(O)c(C)c(Br)c1. The molecule has 1 aromatic rings. The van der Waals surface area contributed by atoms with Gasteiger partial charge in [0.1, 0.15) is 5.75 Å². The smallest absolute Gasteiger partial charge is 0.176 e. The molecule has 0 aliphatic heterocycles. The fraction of sp³-hybridized carbons (Fsp3) is 0.300. The molecule has 0 radical (unpaired) electrons. The summed E-state index contributed by atoms with van der Waals surface area (Å²) in [5.41, 5.74) is 1.25. The predicted octanol–water partition coefficient (Wildman–Crippen LogP) is 1.87. The summed E-state index contributed by atoms with van der Waals surface area (Å²) < 4.78 is 0.747. The molecule has 1 aromatic carbocycles. The zero-order chi connectivity index (χ0) is 10.7. The number of phenols is 1. The van der Waals surface area contributed by atoms with Crippen molar-refractivity contribution in [2.75, 3.05) is 13.6 Å². The van der Waals surface area contributed by atoms with Gasteiger partial charge in [0.05, 0.1) is 6.54 Å². The molecule has 0 aliphatic carbocycles. The van der Waals surface area contributed by atoms with Gasteiger partial charge in [-0.2, -0.15) is 0 Å². The van der Waals surface area contributed by atoms with E-state index >= 15 is 0 Å². The summed E-state index contributed by atoms with van der Waals surface area (Å²) in [6.45, 7) is 2.06. The Morgan fingerprint density at radius 3 is 2.71 bits per heavy atom. The molecular weight excluding hydrogens is 246 g/mol. The van der Waals surface area contributed by atoms with Crippen LogP contribution in [0.2, 0.25) is 0 Å². The fourth-order valence-electron chi connectivity index (χ4n) is 1.09. The van der Waals surface area contributed by atoms with Gasteiger partial charge in [-0.15, -0.1) is 0 Å². The molecular formula is C10H12BrNO2. The zero-order valence-corrected chi connectivity index (χ0v) is 9.68. The number of carbonyl (C=O) groups is 1. The van der Waals surface area contributed by atoms with Gasteiger partial charge in [0.2, 0.25) is 0 Å². The van der Waals surface area contributed by atoms with Crippen molar-refractivity contribution in [3.05, 3.63) is 27.7 Å². The number of Topliss-reactive ketones (excluding diaryl/α,β-unsaturated/α-hetero) is 1. The molecule has 14 heavy (non-hydrogen) atoms. The molecule has 3 nitrogen and oxygen atoms in total. The lowest BCUT2D eigenvalue weighted by molar-refractivity contribution is 0.0993. The van der Waals surface area contributed by atoms with E-state index in [1.54, 1.807) is 20.0 Å². The Bertz CT molecular complexity index is 340. The molecule has 0 bridgehead atoms. The predicted molar refractivity (Wildman–Crippen MR) is 58.8 cm³/mol. The first-order valence-corrected chi connectivity index (χ1v) is 5.02. The molecule has 1 rings (SSSR count). The Kier molecular flexibility index (Phi) is 3.66. The number of nitrogens with one attached hydrogen (secondary N) is 1. The molecule has 4 heteroatoms. The van der Waals surface area contributed by atoms with Crippen LogP contribution in [0, 0.1) is 6.92 Å². The van der Waals surface area contributed by atoms with Crippen molar-refractivity contribution in [3.63, 3.8) is 0 Å². The third-order valence-corrected chi connectivity index (χ3v) is 2.80. The second kappa shape index (κ2) is 4.57. The van der Waals surface area contributed by atoms with Gasteiger partial charge in [0, 0.05) is 15.6 Å². The Hall–Kier alpha value is -0.870. The lowest BCUT2D eigenvalue weighted by atomic mass is 10.1. The highest BCUT2D eigenvalue weighted by molar-refractivity contribution is 9.10. The minimum Gasteiger partial charge on any atom is -0.508 e. The summed E-state index contributed by atoms with van der Waals surface area (Å²) in [4.78, 5) is 11.5. The van der Waals surface area contributed by atoms with Crippen LogP contribution in [0.5, 0.6) is 5.75 Å². The Morgan fingerprint density at radius 2 is 2.21 bits per heavy atom. The first-order valence-electron chi connectivity index (χ1n) is 4.23. The van der Waals surface area contributed by atoms with Gasteiger partial charge in [0.25, 0.3) is 0 Å². The van der Waals surface area contributed by atoms with Crippen LogP contribution in [0.15, 0.2) is 16.6 Å². The van der Waals surface area contributed by atoms with E-state index in [1.807, 2.05) is 0 Å². The van der Waals surface area contributed by atoms with Crippen LogP contribution >= 0.6 is 15.9 Å². The molecule has 0 spiro atoms. The van der Waals surface area contributed by atoms with Crippen LogP contribution in [-0.2, 0) is 0 Å². The summed E-state index contributed by atoms with van der Waals surface area (Å²) in [5.74, 6) is 0.0994. The van der Waals surface area contributed by atoms with Gasteiger partial charge >= 0.3 is 0 Å². The maximum atomic E-state index is 11.5. The van der Waals surface area contributed by atoms with Crippen molar-refractivity contribution in [2.24, 2.45) is 0 Å². The Morgan fingerprint density at radius 1 is 1.57 bits per heavy atom. The summed E-state index contributed by atoms with van der Waals surface area (Å²) in [7, 11) is 1.71. The van der Waals surface area contributed by atoms with Crippen molar-refractivity contribution in [2.45, 2.75) is 6.92 Å². The minimum atomic E-state index is -0.0384. The molecule has 0 saturated carbocycles. The Labute approximate surface area is 91.3 Å². The third kappa shape index (κ3) is 2.33. The lowest BCUT2D eigenvalue weighted by Gasteiger charge is -2.05. The van der Waals surface area contributed by atoms with Crippen molar-refractivity contribution in [1.29, 1.82) is 0 Å². The van der Waals surface area contributed by atoms with Gasteiger partial charge < -0.3 is 10.4 Å². The van der Waals surface area contributed by atoms with E-state index in [2.05, 4.69) is 21.2 Å². The summed E-state index contributed by atoms with van der Waals surface area (Å²) in [5, 5.41) is 12.3. The first-order chi connectivity index (χ1) is 6.56. The number of carbonyl (C=O) groups excluding carboxylic acids is 1. The van der Waals surface area contributed by atoms with Gasteiger partial charge in [-0.25, -0.2) is 0 Å². The largest absolute Gasteiger partial charge is 0.508 e. The number of ketones is 1. The average molecular weight is 258 g/mol. The summed E-state index contributed by atoms with van der Waals surface area (Å²) in [6, 6.07) is 3.20. The van der Waals surface area contributed by atoms with Gasteiger partial charge in [0.15, 0.2) is 5.78 Å². The number of benzene rings is 1. The molecule has 0 aliphatic rings. The quantitative estimate of drug-likeness (QED) is 0.813. The molecule has 0 atom stereocenters. The van der Waals surface area contributed by atoms with E-state index in [4.69, 9.17) is 0 Å².